The molecule has 1 aliphatic heterocycles. The average Bonchev–Trinajstić information content (AvgIpc) is 2.96. The lowest BCUT2D eigenvalue weighted by atomic mass is 9.91. The van der Waals surface area contributed by atoms with E-state index in [1.807, 2.05) is 31.2 Å². The molecule has 1 fully saturated rings. The SMILES string of the molecule is Cc1ccc([C@@]2(C)NC(=O)N(CC(=O)OCC(=O)c3ccc(C(C)C)cc3)C2=O)cc1. The van der Waals surface area contributed by atoms with Crippen molar-refractivity contribution in [1.82, 2.24) is 10.2 Å². The van der Waals surface area contributed by atoms with Crippen molar-refractivity contribution in [2.75, 3.05) is 13.2 Å². The predicted octanol–water partition coefficient (Wildman–Crippen LogP) is 3.31. The molecule has 1 N–H and O–H groups in total. The van der Waals surface area contributed by atoms with Gasteiger partial charge in [0.1, 0.15) is 12.1 Å². The molecule has 0 radical (unpaired) electrons. The highest BCUT2D eigenvalue weighted by molar-refractivity contribution is 6.09. The van der Waals surface area contributed by atoms with Crippen LogP contribution in [0.5, 0.6) is 0 Å². The van der Waals surface area contributed by atoms with Gasteiger partial charge in [0.2, 0.25) is 0 Å². The monoisotopic (exact) mass is 422 g/mol. The molecular weight excluding hydrogens is 396 g/mol. The van der Waals surface area contributed by atoms with Crippen molar-refractivity contribution < 1.29 is 23.9 Å². The van der Waals surface area contributed by atoms with Gasteiger partial charge >= 0.3 is 12.0 Å². The summed E-state index contributed by atoms with van der Waals surface area (Å²) in [7, 11) is 0. The number of benzene rings is 2. The van der Waals surface area contributed by atoms with Crippen LogP contribution in [-0.4, -0.2) is 41.7 Å². The van der Waals surface area contributed by atoms with Gasteiger partial charge in [0.15, 0.2) is 12.4 Å². The summed E-state index contributed by atoms with van der Waals surface area (Å²) in [5, 5.41) is 2.64. The van der Waals surface area contributed by atoms with Crippen LogP contribution in [0.2, 0.25) is 0 Å². The Morgan fingerprint density at radius 3 is 2.23 bits per heavy atom. The molecule has 7 heteroatoms. The Morgan fingerprint density at radius 1 is 1.03 bits per heavy atom. The van der Waals surface area contributed by atoms with Gasteiger partial charge in [-0.3, -0.25) is 19.3 Å². The summed E-state index contributed by atoms with van der Waals surface area (Å²) in [5.74, 6) is -1.39. The second-order valence-corrected chi connectivity index (χ2v) is 8.17. The fraction of sp³-hybridized carbons (Fsp3) is 0.333. The number of nitrogens with one attached hydrogen (secondary N) is 1. The minimum atomic E-state index is -1.26. The summed E-state index contributed by atoms with van der Waals surface area (Å²) in [5.41, 5.74) is 1.90. The van der Waals surface area contributed by atoms with E-state index in [-0.39, 0.29) is 5.78 Å². The second-order valence-electron chi connectivity index (χ2n) is 8.17. The molecule has 1 saturated heterocycles. The lowest BCUT2D eigenvalue weighted by Crippen LogP contribution is -2.41. The van der Waals surface area contributed by atoms with Crippen LogP contribution >= 0.6 is 0 Å². The fourth-order valence-electron chi connectivity index (χ4n) is 3.38. The maximum absolute atomic E-state index is 12.9. The molecule has 0 unspecified atom stereocenters. The predicted molar refractivity (Wildman–Crippen MR) is 115 cm³/mol. The van der Waals surface area contributed by atoms with Gasteiger partial charge in [0.05, 0.1) is 0 Å². The standard InChI is InChI=1S/C24H26N2O5/c1-15(2)17-7-9-18(10-8-17)20(27)14-31-21(28)13-26-22(29)24(4,25-23(26)30)19-11-5-16(3)6-12-19/h5-12,15H,13-14H2,1-4H3,(H,25,30)/t24-/m1/s1. The van der Waals surface area contributed by atoms with Crippen LogP contribution in [-0.2, 0) is 19.9 Å². The number of carbonyl (C=O) groups excluding carboxylic acids is 4. The Morgan fingerprint density at radius 2 is 1.65 bits per heavy atom. The van der Waals surface area contributed by atoms with E-state index < -0.39 is 36.6 Å². The van der Waals surface area contributed by atoms with E-state index in [4.69, 9.17) is 4.74 Å². The molecule has 7 nitrogen and oxygen atoms in total. The largest absolute Gasteiger partial charge is 0.456 e. The summed E-state index contributed by atoms with van der Waals surface area (Å²) >= 11 is 0. The molecule has 162 valence electrons. The lowest BCUT2D eigenvalue weighted by molar-refractivity contribution is -0.146. The van der Waals surface area contributed by atoms with Gasteiger partial charge in [-0.15, -0.1) is 0 Å². The van der Waals surface area contributed by atoms with Gasteiger partial charge in [-0.1, -0.05) is 67.9 Å². The van der Waals surface area contributed by atoms with Crippen molar-refractivity contribution in [2.24, 2.45) is 0 Å². The maximum Gasteiger partial charge on any atom is 0.326 e. The Kier molecular flexibility index (Phi) is 6.24. The third-order valence-corrected chi connectivity index (χ3v) is 5.45. The highest BCUT2D eigenvalue weighted by atomic mass is 16.5. The molecule has 0 aromatic heterocycles. The normalized spacial score (nSPS) is 18.3. The van der Waals surface area contributed by atoms with Crippen molar-refractivity contribution in [2.45, 2.75) is 39.2 Å². The molecule has 0 saturated carbocycles. The van der Waals surface area contributed by atoms with Gasteiger partial charge in [-0.25, -0.2) is 4.79 Å². The molecule has 0 bridgehead atoms. The van der Waals surface area contributed by atoms with E-state index in [1.165, 1.54) is 0 Å². The van der Waals surface area contributed by atoms with E-state index in [0.29, 0.717) is 17.0 Å². The van der Waals surface area contributed by atoms with Gasteiger partial charge in [-0.05, 0) is 30.9 Å². The number of amides is 3. The van der Waals surface area contributed by atoms with Crippen LogP contribution in [0, 0.1) is 6.92 Å². The van der Waals surface area contributed by atoms with Gasteiger partial charge in [0, 0.05) is 5.56 Å². The molecule has 0 spiro atoms. The van der Waals surface area contributed by atoms with Crippen molar-refractivity contribution in [1.29, 1.82) is 0 Å². The molecule has 0 aliphatic carbocycles. The molecule has 3 amide bonds. The van der Waals surface area contributed by atoms with E-state index in [2.05, 4.69) is 19.2 Å². The second kappa shape index (κ2) is 8.71. The first-order valence-electron chi connectivity index (χ1n) is 10.1. The van der Waals surface area contributed by atoms with Gasteiger partial charge < -0.3 is 10.1 Å². The molecule has 31 heavy (non-hydrogen) atoms. The maximum atomic E-state index is 12.9. The number of esters is 1. The molecule has 1 atom stereocenters. The Hall–Kier alpha value is -3.48. The zero-order valence-corrected chi connectivity index (χ0v) is 18.1. The Labute approximate surface area is 181 Å². The zero-order chi connectivity index (χ0) is 22.8. The number of hydrogen-bond acceptors (Lipinski definition) is 5. The number of rotatable bonds is 7. The highest BCUT2D eigenvalue weighted by Gasteiger charge is 2.49. The summed E-state index contributed by atoms with van der Waals surface area (Å²) in [4.78, 5) is 50.5. The summed E-state index contributed by atoms with van der Waals surface area (Å²) < 4.78 is 5.02. The molecule has 3 rings (SSSR count). The first-order chi connectivity index (χ1) is 14.6. The van der Waals surface area contributed by atoms with Crippen LogP contribution in [0.25, 0.3) is 0 Å². The number of carbonyl (C=O) groups is 4. The van der Waals surface area contributed by atoms with Crippen LogP contribution in [0.15, 0.2) is 48.5 Å². The third-order valence-electron chi connectivity index (χ3n) is 5.45. The first kappa shape index (κ1) is 22.2. The van der Waals surface area contributed by atoms with Crippen LogP contribution < -0.4 is 5.32 Å². The van der Waals surface area contributed by atoms with Crippen LogP contribution in [0.1, 0.15) is 53.7 Å². The van der Waals surface area contributed by atoms with Crippen molar-refractivity contribution >= 4 is 23.7 Å². The summed E-state index contributed by atoms with van der Waals surface area (Å²) in [6.45, 7) is 6.60. The minimum absolute atomic E-state index is 0.344. The number of imide groups is 1. The fourth-order valence-corrected chi connectivity index (χ4v) is 3.38. The number of Topliss-reactive ketones (excluding diaryl/α,β-unsaturated/α-hetero) is 1. The van der Waals surface area contributed by atoms with E-state index in [9.17, 15) is 19.2 Å². The Bertz CT molecular complexity index is 1010. The molecule has 1 aliphatic rings. The number of ketones is 1. The minimum Gasteiger partial charge on any atom is -0.456 e. The number of urea groups is 1. The molecular formula is C24H26N2O5. The summed E-state index contributed by atoms with van der Waals surface area (Å²) in [6, 6.07) is 13.6. The van der Waals surface area contributed by atoms with Crippen LogP contribution in [0.4, 0.5) is 4.79 Å². The van der Waals surface area contributed by atoms with E-state index >= 15 is 0 Å². The number of nitrogens with zero attached hydrogens (tertiary/aromatic N) is 1. The van der Waals surface area contributed by atoms with Gasteiger partial charge in [-0.2, -0.15) is 0 Å². The highest BCUT2D eigenvalue weighted by Crippen LogP contribution is 2.29. The first-order valence-corrected chi connectivity index (χ1v) is 10.1. The van der Waals surface area contributed by atoms with Crippen molar-refractivity contribution in [3.63, 3.8) is 0 Å². The van der Waals surface area contributed by atoms with Crippen molar-refractivity contribution in [3.05, 3.63) is 70.8 Å². The van der Waals surface area contributed by atoms with E-state index in [0.717, 1.165) is 16.0 Å². The Balaban J connectivity index is 1.60. The number of aryl methyl sites for hydroxylation is 1. The quantitative estimate of drug-likeness (QED) is 0.420. The smallest absolute Gasteiger partial charge is 0.326 e. The zero-order valence-electron chi connectivity index (χ0n) is 18.1. The lowest BCUT2D eigenvalue weighted by Gasteiger charge is -2.22. The summed E-state index contributed by atoms with van der Waals surface area (Å²) in [6.07, 6.45) is 0. The molecule has 2 aromatic carbocycles. The molecule has 1 heterocycles. The van der Waals surface area contributed by atoms with Gasteiger partial charge in [0.25, 0.3) is 5.91 Å². The number of hydrogen-bond donors (Lipinski definition) is 1. The molecule has 2 aromatic rings. The van der Waals surface area contributed by atoms with E-state index in [1.54, 1.807) is 31.2 Å². The average molecular weight is 422 g/mol. The van der Waals surface area contributed by atoms with Crippen molar-refractivity contribution in [3.8, 4) is 0 Å². The number of ether oxygens (including phenoxy) is 1. The van der Waals surface area contributed by atoms with Crippen LogP contribution in [0.3, 0.4) is 0 Å². The third kappa shape index (κ3) is 4.66. The topological polar surface area (TPSA) is 92.8 Å².